The standard InChI is InChI=1S/C48H34O2S/c49-51(50,38-25-11-4-12-26-38)48-46(34-33-40(36-21-7-2-8-22-36)47(48)37-23-9-3-10-24-37)45-32-18-17-31-44(45)43-30-16-15-29-42(43)41-28-14-13-27-39(41)35-19-5-1-6-20-35/h1-34H. The highest BCUT2D eigenvalue weighted by Crippen LogP contribution is 2.48. The summed E-state index contributed by atoms with van der Waals surface area (Å²) in [6.45, 7) is 0. The summed E-state index contributed by atoms with van der Waals surface area (Å²) in [4.78, 5) is 0.541. The smallest absolute Gasteiger partial charge is 0.207 e. The van der Waals surface area contributed by atoms with Gasteiger partial charge < -0.3 is 0 Å². The average molecular weight is 675 g/mol. The summed E-state index contributed by atoms with van der Waals surface area (Å²) in [5, 5.41) is 0. The normalized spacial score (nSPS) is 11.3. The van der Waals surface area contributed by atoms with Gasteiger partial charge in [-0.05, 0) is 67.8 Å². The van der Waals surface area contributed by atoms with Crippen molar-refractivity contribution in [1.82, 2.24) is 0 Å². The fourth-order valence-electron chi connectivity index (χ4n) is 7.03. The molecule has 0 aromatic heterocycles. The summed E-state index contributed by atoms with van der Waals surface area (Å²) < 4.78 is 30.3. The van der Waals surface area contributed by atoms with Gasteiger partial charge in [-0.25, -0.2) is 8.42 Å². The molecule has 0 aliphatic heterocycles. The molecular formula is C48H34O2S. The molecule has 0 N–H and O–H groups in total. The maximum Gasteiger partial charge on any atom is 0.207 e. The summed E-state index contributed by atoms with van der Waals surface area (Å²) in [6, 6.07) is 68.2. The average Bonchev–Trinajstić information content (AvgIpc) is 3.21. The van der Waals surface area contributed by atoms with Crippen molar-refractivity contribution < 1.29 is 8.42 Å². The first kappa shape index (κ1) is 31.9. The molecule has 3 heteroatoms. The van der Waals surface area contributed by atoms with E-state index in [9.17, 15) is 0 Å². The van der Waals surface area contributed by atoms with Gasteiger partial charge in [0.25, 0.3) is 0 Å². The molecule has 0 saturated carbocycles. The third-order valence-electron chi connectivity index (χ3n) is 9.36. The minimum absolute atomic E-state index is 0.253. The highest BCUT2D eigenvalue weighted by Gasteiger charge is 2.30. The second kappa shape index (κ2) is 13.9. The van der Waals surface area contributed by atoms with Crippen LogP contribution in [0.2, 0.25) is 0 Å². The van der Waals surface area contributed by atoms with E-state index in [0.29, 0.717) is 11.1 Å². The van der Waals surface area contributed by atoms with E-state index in [0.717, 1.165) is 55.6 Å². The van der Waals surface area contributed by atoms with Crippen LogP contribution in [0.3, 0.4) is 0 Å². The summed E-state index contributed by atoms with van der Waals surface area (Å²) in [7, 11) is -4.03. The van der Waals surface area contributed by atoms with Crippen LogP contribution in [0.25, 0.3) is 66.8 Å². The maximum atomic E-state index is 15.1. The quantitative estimate of drug-likeness (QED) is 0.161. The lowest BCUT2D eigenvalue weighted by molar-refractivity contribution is 0.596. The zero-order valence-corrected chi connectivity index (χ0v) is 28.7. The van der Waals surface area contributed by atoms with Crippen LogP contribution < -0.4 is 0 Å². The third kappa shape index (κ3) is 6.09. The van der Waals surface area contributed by atoms with E-state index >= 15 is 8.42 Å². The molecule has 0 amide bonds. The molecule has 8 aromatic rings. The summed E-state index contributed by atoms with van der Waals surface area (Å²) in [5.41, 5.74) is 11.2. The molecule has 0 saturated heterocycles. The van der Waals surface area contributed by atoms with Crippen molar-refractivity contribution in [3.63, 3.8) is 0 Å². The van der Waals surface area contributed by atoms with Gasteiger partial charge in [-0.15, -0.1) is 0 Å². The largest absolute Gasteiger partial charge is 0.218 e. The van der Waals surface area contributed by atoms with Crippen LogP contribution in [0.4, 0.5) is 0 Å². The molecule has 0 aliphatic carbocycles. The van der Waals surface area contributed by atoms with E-state index in [1.807, 2.05) is 97.1 Å². The predicted octanol–water partition coefficient (Wildman–Crippen LogP) is 12.5. The number of hydrogen-bond acceptors (Lipinski definition) is 2. The first-order valence-electron chi connectivity index (χ1n) is 17.0. The predicted molar refractivity (Wildman–Crippen MR) is 211 cm³/mol. The third-order valence-corrected chi connectivity index (χ3v) is 11.2. The highest BCUT2D eigenvalue weighted by molar-refractivity contribution is 7.91. The molecule has 0 unspecified atom stereocenters. The molecule has 0 fully saturated rings. The van der Waals surface area contributed by atoms with E-state index in [1.165, 1.54) is 0 Å². The van der Waals surface area contributed by atoms with Gasteiger partial charge in [0.15, 0.2) is 0 Å². The van der Waals surface area contributed by atoms with Gasteiger partial charge in [-0.2, -0.15) is 0 Å². The van der Waals surface area contributed by atoms with Crippen molar-refractivity contribution in [3.8, 4) is 66.8 Å². The molecular weight excluding hydrogens is 641 g/mol. The van der Waals surface area contributed by atoms with Crippen LogP contribution in [-0.2, 0) is 9.84 Å². The topological polar surface area (TPSA) is 34.1 Å². The zero-order chi connectivity index (χ0) is 34.6. The molecule has 0 bridgehead atoms. The first-order valence-corrected chi connectivity index (χ1v) is 18.5. The van der Waals surface area contributed by atoms with Gasteiger partial charge in [-0.3, -0.25) is 0 Å². The molecule has 0 spiro atoms. The first-order chi connectivity index (χ1) is 25.1. The summed E-state index contributed by atoms with van der Waals surface area (Å²) >= 11 is 0. The molecule has 2 nitrogen and oxygen atoms in total. The van der Waals surface area contributed by atoms with Crippen LogP contribution in [-0.4, -0.2) is 8.42 Å². The van der Waals surface area contributed by atoms with E-state index in [1.54, 1.807) is 24.3 Å². The van der Waals surface area contributed by atoms with E-state index in [-0.39, 0.29) is 9.79 Å². The lowest BCUT2D eigenvalue weighted by Crippen LogP contribution is -2.08. The molecule has 8 rings (SSSR count). The zero-order valence-electron chi connectivity index (χ0n) is 27.9. The van der Waals surface area contributed by atoms with Gasteiger partial charge in [0.1, 0.15) is 0 Å². The van der Waals surface area contributed by atoms with Crippen molar-refractivity contribution in [2.75, 3.05) is 0 Å². The van der Waals surface area contributed by atoms with Crippen molar-refractivity contribution in [2.45, 2.75) is 9.79 Å². The lowest BCUT2D eigenvalue weighted by atomic mass is 9.85. The number of benzene rings is 8. The Labute approximate surface area is 299 Å². The number of hydrogen-bond donors (Lipinski definition) is 0. The molecule has 0 radical (unpaired) electrons. The Hall–Kier alpha value is -6.29. The fraction of sp³-hybridized carbons (Fsp3) is 0. The highest BCUT2D eigenvalue weighted by atomic mass is 32.2. The molecule has 0 heterocycles. The Morgan fingerprint density at radius 3 is 1.04 bits per heavy atom. The Morgan fingerprint density at radius 1 is 0.255 bits per heavy atom. The molecule has 0 aliphatic rings. The summed E-state index contributed by atoms with van der Waals surface area (Å²) in [6.07, 6.45) is 0. The van der Waals surface area contributed by atoms with Crippen molar-refractivity contribution in [1.29, 1.82) is 0 Å². The maximum absolute atomic E-state index is 15.1. The van der Waals surface area contributed by atoms with Crippen LogP contribution >= 0.6 is 0 Å². The van der Waals surface area contributed by atoms with E-state index in [2.05, 4.69) is 84.9 Å². The monoisotopic (exact) mass is 674 g/mol. The number of rotatable bonds is 8. The van der Waals surface area contributed by atoms with E-state index < -0.39 is 9.84 Å². The molecule has 8 aromatic carbocycles. The minimum Gasteiger partial charge on any atom is -0.218 e. The Kier molecular flexibility index (Phi) is 8.71. The van der Waals surface area contributed by atoms with Gasteiger partial charge in [0.05, 0.1) is 9.79 Å². The van der Waals surface area contributed by atoms with E-state index in [4.69, 9.17) is 0 Å². The van der Waals surface area contributed by atoms with Gasteiger partial charge in [-0.1, -0.05) is 194 Å². The lowest BCUT2D eigenvalue weighted by Gasteiger charge is -2.22. The van der Waals surface area contributed by atoms with Crippen LogP contribution in [0.15, 0.2) is 216 Å². The Balaban J connectivity index is 1.44. The van der Waals surface area contributed by atoms with Crippen molar-refractivity contribution >= 4 is 9.84 Å². The van der Waals surface area contributed by atoms with Crippen molar-refractivity contribution in [2.24, 2.45) is 0 Å². The minimum atomic E-state index is -4.03. The SMILES string of the molecule is O=S(=O)(c1ccccc1)c1c(-c2ccccc2-c2ccccc2-c2ccccc2-c2ccccc2)ccc(-c2ccccc2)c1-c1ccccc1. The number of sulfone groups is 1. The van der Waals surface area contributed by atoms with Crippen LogP contribution in [0, 0.1) is 0 Å². The second-order valence-corrected chi connectivity index (χ2v) is 14.3. The van der Waals surface area contributed by atoms with Gasteiger partial charge in [0.2, 0.25) is 9.84 Å². The van der Waals surface area contributed by atoms with Crippen LogP contribution in [0.5, 0.6) is 0 Å². The molecule has 244 valence electrons. The summed E-state index contributed by atoms with van der Waals surface area (Å²) in [5.74, 6) is 0. The van der Waals surface area contributed by atoms with Crippen molar-refractivity contribution in [3.05, 3.63) is 206 Å². The Bertz CT molecular complexity index is 2560. The Morgan fingerprint density at radius 2 is 0.569 bits per heavy atom. The second-order valence-electron chi connectivity index (χ2n) is 12.4. The molecule has 0 atom stereocenters. The molecule has 51 heavy (non-hydrogen) atoms. The fourth-order valence-corrected chi connectivity index (χ4v) is 8.75. The van der Waals surface area contributed by atoms with Gasteiger partial charge >= 0.3 is 0 Å². The van der Waals surface area contributed by atoms with Crippen LogP contribution in [0.1, 0.15) is 0 Å². The van der Waals surface area contributed by atoms with Gasteiger partial charge in [0, 0.05) is 11.1 Å².